The van der Waals surface area contributed by atoms with Crippen molar-refractivity contribution in [3.63, 3.8) is 0 Å². The van der Waals surface area contributed by atoms with Crippen LogP contribution < -0.4 is 0 Å². The van der Waals surface area contributed by atoms with Crippen molar-refractivity contribution in [2.24, 2.45) is 5.92 Å². The number of benzene rings is 1. The maximum absolute atomic E-state index is 13.0. The minimum Gasteiger partial charge on any atom is -0.300 e. The lowest BCUT2D eigenvalue weighted by atomic mass is 10.1. The summed E-state index contributed by atoms with van der Waals surface area (Å²) >= 11 is 0. The van der Waals surface area contributed by atoms with E-state index in [1.807, 2.05) is 32.9 Å². The Morgan fingerprint density at radius 1 is 1.00 bits per heavy atom. The highest BCUT2D eigenvalue weighted by molar-refractivity contribution is 7.89. The highest BCUT2D eigenvalue weighted by Crippen LogP contribution is 2.26. The number of aryl methyl sites for hydroxylation is 3. The summed E-state index contributed by atoms with van der Waals surface area (Å²) in [6.07, 6.45) is 0. The smallest absolute Gasteiger partial charge is 0.243 e. The Morgan fingerprint density at radius 2 is 1.50 bits per heavy atom. The van der Waals surface area contributed by atoms with Crippen molar-refractivity contribution >= 4 is 10.0 Å². The van der Waals surface area contributed by atoms with E-state index in [4.69, 9.17) is 0 Å². The van der Waals surface area contributed by atoms with Crippen LogP contribution in [0.25, 0.3) is 0 Å². The number of hydrogen-bond acceptors (Lipinski definition) is 3. The van der Waals surface area contributed by atoms with E-state index < -0.39 is 10.0 Å². The molecule has 0 amide bonds. The molecule has 0 unspecified atom stereocenters. The van der Waals surface area contributed by atoms with Crippen molar-refractivity contribution in [3.05, 3.63) is 28.8 Å². The van der Waals surface area contributed by atoms with E-state index in [2.05, 4.69) is 18.7 Å². The van der Waals surface area contributed by atoms with Crippen molar-refractivity contribution in [3.8, 4) is 0 Å². The van der Waals surface area contributed by atoms with Crippen molar-refractivity contribution in [1.29, 1.82) is 0 Å². The first kappa shape index (κ1) is 17.4. The van der Waals surface area contributed by atoms with Crippen LogP contribution >= 0.6 is 0 Å². The second kappa shape index (κ2) is 6.69. The van der Waals surface area contributed by atoms with E-state index in [0.29, 0.717) is 23.9 Å². The lowest BCUT2D eigenvalue weighted by Gasteiger charge is -2.35. The van der Waals surface area contributed by atoms with Crippen molar-refractivity contribution in [1.82, 2.24) is 9.21 Å². The predicted molar refractivity (Wildman–Crippen MR) is 90.7 cm³/mol. The Bertz CT molecular complexity index is 607. The Kier molecular flexibility index (Phi) is 5.30. The number of hydrogen-bond donors (Lipinski definition) is 0. The highest BCUT2D eigenvalue weighted by Gasteiger charge is 2.30. The fourth-order valence-electron chi connectivity index (χ4n) is 3.37. The second-order valence-electron chi connectivity index (χ2n) is 6.83. The summed E-state index contributed by atoms with van der Waals surface area (Å²) in [5.41, 5.74) is 2.81. The lowest BCUT2D eigenvalue weighted by molar-refractivity contribution is 0.172. The molecule has 1 fully saturated rings. The Hall–Kier alpha value is -0.910. The quantitative estimate of drug-likeness (QED) is 0.855. The van der Waals surface area contributed by atoms with Gasteiger partial charge in [0.25, 0.3) is 0 Å². The molecule has 0 bridgehead atoms. The maximum Gasteiger partial charge on any atom is 0.243 e. The van der Waals surface area contributed by atoms with Gasteiger partial charge in [0.2, 0.25) is 10.0 Å². The van der Waals surface area contributed by atoms with Crippen LogP contribution in [0.4, 0.5) is 0 Å². The zero-order valence-electron chi connectivity index (χ0n) is 14.4. The van der Waals surface area contributed by atoms with Gasteiger partial charge in [0, 0.05) is 32.7 Å². The highest BCUT2D eigenvalue weighted by atomic mass is 32.2. The molecule has 22 heavy (non-hydrogen) atoms. The number of nitrogens with zero attached hydrogens (tertiary/aromatic N) is 2. The predicted octanol–water partition coefficient (Wildman–Crippen LogP) is 2.57. The zero-order chi connectivity index (χ0) is 16.5. The Morgan fingerprint density at radius 3 is 1.95 bits per heavy atom. The molecular weight excluding hydrogens is 296 g/mol. The molecular formula is C17H28N2O2S. The molecule has 1 aromatic rings. The Balaban J connectivity index is 2.19. The second-order valence-corrected chi connectivity index (χ2v) is 8.70. The van der Waals surface area contributed by atoms with Crippen LogP contribution in [0.5, 0.6) is 0 Å². The van der Waals surface area contributed by atoms with Gasteiger partial charge in [-0.2, -0.15) is 4.31 Å². The van der Waals surface area contributed by atoms with Gasteiger partial charge >= 0.3 is 0 Å². The van der Waals surface area contributed by atoms with E-state index in [1.54, 1.807) is 4.31 Å². The van der Waals surface area contributed by atoms with Gasteiger partial charge in [-0.25, -0.2) is 8.42 Å². The molecule has 0 spiro atoms. The molecule has 4 nitrogen and oxygen atoms in total. The molecule has 0 aliphatic carbocycles. The maximum atomic E-state index is 13.0. The minimum absolute atomic E-state index is 0.496. The van der Waals surface area contributed by atoms with Crippen LogP contribution in [-0.4, -0.2) is 50.3 Å². The fourth-order valence-corrected chi connectivity index (χ4v) is 5.21. The van der Waals surface area contributed by atoms with Gasteiger partial charge in [0.05, 0.1) is 4.90 Å². The van der Waals surface area contributed by atoms with E-state index in [9.17, 15) is 8.42 Å². The summed E-state index contributed by atoms with van der Waals surface area (Å²) in [6, 6.07) is 3.91. The van der Waals surface area contributed by atoms with Gasteiger partial charge in [0.15, 0.2) is 0 Å². The summed E-state index contributed by atoms with van der Waals surface area (Å²) in [4.78, 5) is 2.85. The van der Waals surface area contributed by atoms with Crippen LogP contribution in [0.1, 0.15) is 30.5 Å². The summed E-state index contributed by atoms with van der Waals surface area (Å²) in [7, 11) is -3.39. The van der Waals surface area contributed by atoms with Crippen LogP contribution in [-0.2, 0) is 10.0 Å². The molecule has 1 heterocycles. The van der Waals surface area contributed by atoms with Gasteiger partial charge in [0.1, 0.15) is 0 Å². The molecule has 0 aromatic heterocycles. The topological polar surface area (TPSA) is 40.6 Å². The van der Waals surface area contributed by atoms with Crippen molar-refractivity contribution < 1.29 is 8.42 Å². The molecule has 0 saturated carbocycles. The van der Waals surface area contributed by atoms with Crippen LogP contribution in [0.2, 0.25) is 0 Å². The molecule has 124 valence electrons. The SMILES string of the molecule is Cc1cc(C)c(S(=O)(=O)N2CCN(CC(C)C)CC2)c(C)c1. The average Bonchev–Trinajstić information content (AvgIpc) is 2.36. The van der Waals surface area contributed by atoms with Gasteiger partial charge < -0.3 is 4.90 Å². The Labute approximate surface area is 135 Å². The first-order valence-corrected chi connectivity index (χ1v) is 9.46. The lowest BCUT2D eigenvalue weighted by Crippen LogP contribution is -2.49. The molecule has 1 saturated heterocycles. The van der Waals surface area contributed by atoms with Crippen molar-refractivity contribution in [2.45, 2.75) is 39.5 Å². The molecule has 1 aliphatic rings. The molecule has 5 heteroatoms. The molecule has 0 atom stereocenters. The fraction of sp³-hybridized carbons (Fsp3) is 0.647. The van der Waals surface area contributed by atoms with E-state index in [1.165, 1.54) is 0 Å². The van der Waals surface area contributed by atoms with Gasteiger partial charge in [-0.3, -0.25) is 0 Å². The first-order valence-electron chi connectivity index (χ1n) is 8.02. The normalized spacial score (nSPS) is 18.1. The summed E-state index contributed by atoms with van der Waals surface area (Å²) in [6.45, 7) is 14.0. The van der Waals surface area contributed by atoms with Gasteiger partial charge in [-0.1, -0.05) is 31.5 Å². The molecule has 0 N–H and O–H groups in total. The summed E-state index contributed by atoms with van der Waals surface area (Å²) in [5, 5.41) is 0. The third kappa shape index (κ3) is 3.70. The minimum atomic E-state index is -3.39. The molecule has 0 radical (unpaired) electrons. The zero-order valence-corrected chi connectivity index (χ0v) is 15.2. The van der Waals surface area contributed by atoms with Crippen LogP contribution in [0.15, 0.2) is 17.0 Å². The van der Waals surface area contributed by atoms with Crippen molar-refractivity contribution in [2.75, 3.05) is 32.7 Å². The van der Waals surface area contributed by atoms with E-state index in [0.717, 1.165) is 36.3 Å². The summed E-state index contributed by atoms with van der Waals surface area (Å²) in [5.74, 6) is 0.616. The average molecular weight is 324 g/mol. The third-order valence-corrected chi connectivity index (χ3v) is 6.36. The monoisotopic (exact) mass is 324 g/mol. The third-order valence-electron chi connectivity index (χ3n) is 4.16. The number of rotatable bonds is 4. The van der Waals surface area contributed by atoms with E-state index >= 15 is 0 Å². The molecule has 1 aliphatic heterocycles. The van der Waals surface area contributed by atoms with Crippen LogP contribution in [0.3, 0.4) is 0 Å². The number of piperazine rings is 1. The largest absolute Gasteiger partial charge is 0.300 e. The van der Waals surface area contributed by atoms with Crippen LogP contribution in [0, 0.1) is 26.7 Å². The first-order chi connectivity index (χ1) is 10.2. The molecule has 2 rings (SSSR count). The van der Waals surface area contributed by atoms with Gasteiger partial charge in [-0.05, 0) is 37.8 Å². The summed E-state index contributed by atoms with van der Waals surface area (Å²) < 4.78 is 27.6. The molecule has 1 aromatic carbocycles. The van der Waals surface area contributed by atoms with E-state index in [-0.39, 0.29) is 0 Å². The van der Waals surface area contributed by atoms with Gasteiger partial charge in [-0.15, -0.1) is 0 Å². The number of sulfonamides is 1. The standard InChI is InChI=1S/C17H28N2O2S/c1-13(2)12-18-6-8-19(9-7-18)22(20,21)17-15(4)10-14(3)11-16(17)5/h10-11,13H,6-9,12H2,1-5H3.